The number of ether oxygens (including phenoxy) is 1. The maximum atomic E-state index is 12.0. The Labute approximate surface area is 128 Å². The van der Waals surface area contributed by atoms with Gasteiger partial charge >= 0.3 is 0 Å². The minimum absolute atomic E-state index is 0.134. The van der Waals surface area contributed by atoms with Crippen LogP contribution in [0.5, 0.6) is 5.75 Å². The summed E-state index contributed by atoms with van der Waals surface area (Å²) in [5.41, 5.74) is 5.38. The van der Waals surface area contributed by atoms with Crippen molar-refractivity contribution in [2.45, 2.75) is 0 Å². The molecule has 112 valence electrons. The number of rotatable bonds is 8. The molecule has 5 nitrogen and oxygen atoms in total. The second-order valence-electron chi connectivity index (χ2n) is 4.17. The zero-order valence-corrected chi connectivity index (χ0v) is 12.3. The monoisotopic (exact) mass is 308 g/mol. The normalized spacial score (nSPS) is 9.76. The topological polar surface area (TPSA) is 72.6 Å². The Morgan fingerprint density at radius 3 is 2.43 bits per heavy atom. The SMILES string of the molecule is C=CCN(CC=C)C(=O)COc1ccc(Cl)cc1C(N)=O. The summed E-state index contributed by atoms with van der Waals surface area (Å²) in [6, 6.07) is 4.45. The van der Waals surface area contributed by atoms with E-state index < -0.39 is 5.91 Å². The van der Waals surface area contributed by atoms with Crippen LogP contribution in [0.3, 0.4) is 0 Å². The Balaban J connectivity index is 2.78. The van der Waals surface area contributed by atoms with Gasteiger partial charge in [-0.25, -0.2) is 0 Å². The third-order valence-corrected chi connectivity index (χ3v) is 2.84. The van der Waals surface area contributed by atoms with Gasteiger partial charge in [0.25, 0.3) is 11.8 Å². The van der Waals surface area contributed by atoms with Crippen LogP contribution in [-0.4, -0.2) is 36.4 Å². The molecule has 0 aliphatic heterocycles. The molecule has 0 atom stereocenters. The van der Waals surface area contributed by atoms with Crippen LogP contribution in [0, 0.1) is 0 Å². The highest BCUT2D eigenvalue weighted by Gasteiger charge is 2.15. The zero-order chi connectivity index (χ0) is 15.8. The summed E-state index contributed by atoms with van der Waals surface area (Å²) < 4.78 is 5.37. The number of nitrogens with two attached hydrogens (primary N) is 1. The Morgan fingerprint density at radius 2 is 1.90 bits per heavy atom. The highest BCUT2D eigenvalue weighted by molar-refractivity contribution is 6.31. The second-order valence-corrected chi connectivity index (χ2v) is 4.61. The Morgan fingerprint density at radius 1 is 1.29 bits per heavy atom. The van der Waals surface area contributed by atoms with Gasteiger partial charge in [0, 0.05) is 18.1 Å². The largest absolute Gasteiger partial charge is 0.483 e. The van der Waals surface area contributed by atoms with Gasteiger partial charge in [-0.1, -0.05) is 23.8 Å². The van der Waals surface area contributed by atoms with Gasteiger partial charge in [-0.05, 0) is 18.2 Å². The van der Waals surface area contributed by atoms with Crippen molar-refractivity contribution >= 4 is 23.4 Å². The van der Waals surface area contributed by atoms with Crippen molar-refractivity contribution in [1.82, 2.24) is 4.90 Å². The first-order valence-electron chi connectivity index (χ1n) is 6.21. The smallest absolute Gasteiger partial charge is 0.261 e. The molecule has 0 saturated heterocycles. The molecule has 1 aromatic rings. The predicted molar refractivity (Wildman–Crippen MR) is 82.4 cm³/mol. The van der Waals surface area contributed by atoms with E-state index in [9.17, 15) is 9.59 Å². The zero-order valence-electron chi connectivity index (χ0n) is 11.5. The van der Waals surface area contributed by atoms with E-state index in [1.165, 1.54) is 17.0 Å². The number of benzene rings is 1. The first-order chi connectivity index (χ1) is 9.99. The number of hydrogen-bond acceptors (Lipinski definition) is 3. The third kappa shape index (κ3) is 4.96. The fraction of sp³-hybridized carbons (Fsp3) is 0.200. The van der Waals surface area contributed by atoms with Crippen LogP contribution in [0.15, 0.2) is 43.5 Å². The van der Waals surface area contributed by atoms with Crippen molar-refractivity contribution in [2.24, 2.45) is 5.73 Å². The van der Waals surface area contributed by atoms with Crippen LogP contribution >= 0.6 is 11.6 Å². The summed E-state index contributed by atoms with van der Waals surface area (Å²) in [6.07, 6.45) is 3.22. The van der Waals surface area contributed by atoms with Crippen molar-refractivity contribution in [2.75, 3.05) is 19.7 Å². The van der Waals surface area contributed by atoms with Crippen LogP contribution in [0.25, 0.3) is 0 Å². The summed E-state index contributed by atoms with van der Waals surface area (Å²) in [5, 5.41) is 0.363. The van der Waals surface area contributed by atoms with Crippen LogP contribution in [0.1, 0.15) is 10.4 Å². The van der Waals surface area contributed by atoms with Crippen molar-refractivity contribution < 1.29 is 14.3 Å². The molecule has 21 heavy (non-hydrogen) atoms. The number of amides is 2. The summed E-state index contributed by atoms with van der Waals surface area (Å²) in [6.45, 7) is 7.73. The number of primary amides is 1. The number of hydrogen-bond donors (Lipinski definition) is 1. The van der Waals surface area contributed by atoms with Crippen LogP contribution in [0.4, 0.5) is 0 Å². The molecule has 6 heteroatoms. The predicted octanol–water partition coefficient (Wildman–Crippen LogP) is 2.02. The van der Waals surface area contributed by atoms with E-state index in [4.69, 9.17) is 22.1 Å². The molecule has 1 rings (SSSR count). The standard InChI is InChI=1S/C15H17ClN2O3/c1-3-7-18(8-4-2)14(19)10-21-13-6-5-11(16)9-12(13)15(17)20/h3-6,9H,1-2,7-8,10H2,(H2,17,20). The molecule has 0 fully saturated rings. The molecule has 0 aromatic heterocycles. The molecule has 2 amide bonds. The molecular formula is C15H17ClN2O3. The Bertz CT molecular complexity index is 548. The lowest BCUT2D eigenvalue weighted by atomic mass is 10.2. The highest BCUT2D eigenvalue weighted by atomic mass is 35.5. The molecule has 1 aromatic carbocycles. The van der Waals surface area contributed by atoms with Gasteiger partial charge in [-0.2, -0.15) is 0 Å². The van der Waals surface area contributed by atoms with E-state index in [-0.39, 0.29) is 23.8 Å². The van der Waals surface area contributed by atoms with E-state index in [0.29, 0.717) is 18.1 Å². The molecule has 0 radical (unpaired) electrons. The van der Waals surface area contributed by atoms with Gasteiger partial charge in [0.1, 0.15) is 5.75 Å². The molecule has 0 saturated carbocycles. The quantitative estimate of drug-likeness (QED) is 0.747. The Hall–Kier alpha value is -2.27. The summed E-state index contributed by atoms with van der Waals surface area (Å²) in [5.74, 6) is -0.702. The van der Waals surface area contributed by atoms with Gasteiger partial charge in [0.15, 0.2) is 6.61 Å². The van der Waals surface area contributed by atoms with Gasteiger partial charge in [-0.15, -0.1) is 13.2 Å². The number of carbonyl (C=O) groups excluding carboxylic acids is 2. The summed E-state index contributed by atoms with van der Waals surface area (Å²) in [4.78, 5) is 24.8. The Kier molecular flexibility index (Phi) is 6.49. The van der Waals surface area contributed by atoms with Crippen LogP contribution in [-0.2, 0) is 4.79 Å². The van der Waals surface area contributed by atoms with E-state index in [2.05, 4.69) is 13.2 Å². The first-order valence-corrected chi connectivity index (χ1v) is 6.59. The van der Waals surface area contributed by atoms with Gasteiger partial charge < -0.3 is 15.4 Å². The minimum atomic E-state index is -0.672. The number of halogens is 1. The molecule has 0 unspecified atom stereocenters. The fourth-order valence-corrected chi connectivity index (χ4v) is 1.81. The van der Waals surface area contributed by atoms with E-state index >= 15 is 0 Å². The van der Waals surface area contributed by atoms with E-state index in [0.717, 1.165) is 0 Å². The number of nitrogens with zero attached hydrogens (tertiary/aromatic N) is 1. The van der Waals surface area contributed by atoms with Crippen molar-refractivity contribution in [3.05, 3.63) is 54.1 Å². The lowest BCUT2D eigenvalue weighted by Crippen LogP contribution is -2.35. The first kappa shape index (κ1) is 16.8. The molecule has 0 aliphatic carbocycles. The highest BCUT2D eigenvalue weighted by Crippen LogP contribution is 2.22. The summed E-state index contributed by atoms with van der Waals surface area (Å²) in [7, 11) is 0. The van der Waals surface area contributed by atoms with Crippen molar-refractivity contribution in [1.29, 1.82) is 0 Å². The van der Waals surface area contributed by atoms with Crippen molar-refractivity contribution in [3.8, 4) is 5.75 Å². The molecular weight excluding hydrogens is 292 g/mol. The maximum Gasteiger partial charge on any atom is 0.261 e. The van der Waals surface area contributed by atoms with Crippen LogP contribution in [0.2, 0.25) is 5.02 Å². The summed E-state index contributed by atoms with van der Waals surface area (Å²) >= 11 is 5.80. The molecule has 2 N–H and O–H groups in total. The fourth-order valence-electron chi connectivity index (χ4n) is 1.64. The van der Waals surface area contributed by atoms with Gasteiger partial charge in [0.05, 0.1) is 5.56 Å². The molecule has 0 aliphatic rings. The van der Waals surface area contributed by atoms with E-state index in [1.54, 1.807) is 18.2 Å². The van der Waals surface area contributed by atoms with Crippen LogP contribution < -0.4 is 10.5 Å². The lowest BCUT2D eigenvalue weighted by Gasteiger charge is -2.19. The lowest BCUT2D eigenvalue weighted by molar-refractivity contribution is -0.132. The minimum Gasteiger partial charge on any atom is -0.483 e. The average molecular weight is 309 g/mol. The maximum absolute atomic E-state index is 12.0. The molecule has 0 bridgehead atoms. The second kappa shape index (κ2) is 8.11. The number of carbonyl (C=O) groups is 2. The van der Waals surface area contributed by atoms with Gasteiger partial charge in [0.2, 0.25) is 0 Å². The third-order valence-electron chi connectivity index (χ3n) is 2.61. The van der Waals surface area contributed by atoms with E-state index in [1.807, 2.05) is 0 Å². The molecule has 0 spiro atoms. The molecule has 0 heterocycles. The van der Waals surface area contributed by atoms with Crippen molar-refractivity contribution in [3.63, 3.8) is 0 Å². The average Bonchev–Trinajstić information content (AvgIpc) is 2.45. The van der Waals surface area contributed by atoms with Gasteiger partial charge in [-0.3, -0.25) is 9.59 Å².